The van der Waals surface area contributed by atoms with E-state index in [4.69, 9.17) is 0 Å². The Hall–Kier alpha value is -2.62. The standard InChI is InChI=1S/C22H26N2O2/c1-4-16-9-7-8-12-19(16)23-20(25)22(2,3)21(26)24-14-13-17-10-5-6-11-18(17)15-24/h5-12H,4,13-15H2,1-3H3,(H,23,25). The van der Waals surface area contributed by atoms with Crippen molar-refractivity contribution >= 4 is 17.5 Å². The number of nitrogens with one attached hydrogen (secondary N) is 1. The molecule has 136 valence electrons. The first-order valence-corrected chi connectivity index (χ1v) is 9.19. The lowest BCUT2D eigenvalue weighted by atomic mass is 9.88. The van der Waals surface area contributed by atoms with Crippen molar-refractivity contribution in [1.82, 2.24) is 4.90 Å². The highest BCUT2D eigenvalue weighted by molar-refractivity contribution is 6.10. The van der Waals surface area contributed by atoms with Crippen molar-refractivity contribution in [1.29, 1.82) is 0 Å². The summed E-state index contributed by atoms with van der Waals surface area (Å²) in [6.45, 7) is 6.68. The lowest BCUT2D eigenvalue weighted by molar-refractivity contribution is -0.147. The molecule has 0 saturated carbocycles. The molecule has 1 N–H and O–H groups in total. The molecule has 2 amide bonds. The number of anilines is 1. The lowest BCUT2D eigenvalue weighted by Crippen LogP contribution is -2.48. The molecule has 2 aromatic rings. The van der Waals surface area contributed by atoms with Gasteiger partial charge in [-0.3, -0.25) is 9.59 Å². The first-order valence-electron chi connectivity index (χ1n) is 9.19. The topological polar surface area (TPSA) is 49.4 Å². The van der Waals surface area contributed by atoms with Crippen LogP contribution in [0.5, 0.6) is 0 Å². The highest BCUT2D eigenvalue weighted by Gasteiger charge is 2.40. The average Bonchev–Trinajstić information content (AvgIpc) is 2.67. The van der Waals surface area contributed by atoms with Crippen LogP contribution in [0.4, 0.5) is 5.69 Å². The van der Waals surface area contributed by atoms with E-state index in [1.807, 2.05) is 43.3 Å². The van der Waals surface area contributed by atoms with Crippen molar-refractivity contribution in [2.45, 2.75) is 40.2 Å². The van der Waals surface area contributed by atoms with Crippen LogP contribution in [0.1, 0.15) is 37.5 Å². The van der Waals surface area contributed by atoms with Crippen LogP contribution in [-0.4, -0.2) is 23.3 Å². The van der Waals surface area contributed by atoms with Crippen molar-refractivity contribution in [3.63, 3.8) is 0 Å². The van der Waals surface area contributed by atoms with Crippen molar-refractivity contribution in [2.75, 3.05) is 11.9 Å². The molecule has 0 bridgehead atoms. The number of rotatable bonds is 4. The molecule has 4 nitrogen and oxygen atoms in total. The zero-order chi connectivity index (χ0) is 18.7. The Balaban J connectivity index is 1.75. The zero-order valence-corrected chi connectivity index (χ0v) is 15.7. The van der Waals surface area contributed by atoms with Crippen LogP contribution in [0.3, 0.4) is 0 Å². The number of benzene rings is 2. The number of amides is 2. The Kier molecular flexibility index (Phi) is 5.12. The molecule has 2 aromatic carbocycles. The van der Waals surface area contributed by atoms with Gasteiger partial charge in [0.15, 0.2) is 0 Å². The summed E-state index contributed by atoms with van der Waals surface area (Å²) in [4.78, 5) is 27.8. The molecule has 0 fully saturated rings. The number of fused-ring (bicyclic) bond motifs is 1. The lowest BCUT2D eigenvalue weighted by Gasteiger charge is -2.34. The fraction of sp³-hybridized carbons (Fsp3) is 0.364. The summed E-state index contributed by atoms with van der Waals surface area (Å²) in [5.74, 6) is -0.388. The van der Waals surface area contributed by atoms with Crippen LogP contribution in [0.15, 0.2) is 48.5 Å². The number of nitrogens with zero attached hydrogens (tertiary/aromatic N) is 1. The third kappa shape index (κ3) is 3.50. The summed E-state index contributed by atoms with van der Waals surface area (Å²) in [5, 5.41) is 2.95. The first kappa shape index (κ1) is 18.2. The molecule has 26 heavy (non-hydrogen) atoms. The van der Waals surface area contributed by atoms with E-state index < -0.39 is 5.41 Å². The van der Waals surface area contributed by atoms with Crippen LogP contribution in [0.2, 0.25) is 0 Å². The largest absolute Gasteiger partial charge is 0.337 e. The number of carbonyl (C=O) groups excluding carboxylic acids is 2. The molecule has 0 radical (unpaired) electrons. The summed E-state index contributed by atoms with van der Waals surface area (Å²) >= 11 is 0. The molecule has 0 aromatic heterocycles. The van der Waals surface area contributed by atoms with Crippen LogP contribution < -0.4 is 5.32 Å². The van der Waals surface area contributed by atoms with E-state index >= 15 is 0 Å². The second-order valence-electron chi connectivity index (χ2n) is 7.34. The van der Waals surface area contributed by atoms with E-state index in [0.29, 0.717) is 13.1 Å². The molecule has 4 heteroatoms. The molecule has 0 unspecified atom stereocenters. The maximum absolute atomic E-state index is 13.1. The molecular weight excluding hydrogens is 324 g/mol. The average molecular weight is 350 g/mol. The van der Waals surface area contributed by atoms with Gasteiger partial charge in [0.05, 0.1) is 0 Å². The summed E-state index contributed by atoms with van der Waals surface area (Å²) in [7, 11) is 0. The fourth-order valence-electron chi connectivity index (χ4n) is 3.39. The summed E-state index contributed by atoms with van der Waals surface area (Å²) < 4.78 is 0. The molecular formula is C22H26N2O2. The van der Waals surface area contributed by atoms with Crippen molar-refractivity contribution in [3.05, 3.63) is 65.2 Å². The number of aryl methyl sites for hydroxylation is 1. The number of hydrogen-bond donors (Lipinski definition) is 1. The minimum Gasteiger partial charge on any atom is -0.337 e. The van der Waals surface area contributed by atoms with E-state index in [9.17, 15) is 9.59 Å². The van der Waals surface area contributed by atoms with E-state index in [1.54, 1.807) is 18.7 Å². The monoisotopic (exact) mass is 350 g/mol. The third-order valence-electron chi connectivity index (χ3n) is 5.17. The Morgan fingerprint density at radius 1 is 1.04 bits per heavy atom. The quantitative estimate of drug-likeness (QED) is 0.853. The van der Waals surface area contributed by atoms with Gasteiger partial charge in [-0.1, -0.05) is 49.4 Å². The second-order valence-corrected chi connectivity index (χ2v) is 7.34. The Morgan fingerprint density at radius 3 is 2.42 bits per heavy atom. The predicted octanol–water partition coefficient (Wildman–Crippen LogP) is 3.80. The number of para-hydroxylation sites is 1. The minimum atomic E-state index is -1.12. The molecule has 0 aliphatic carbocycles. The van der Waals surface area contributed by atoms with E-state index in [2.05, 4.69) is 17.4 Å². The van der Waals surface area contributed by atoms with Crippen LogP contribution in [0, 0.1) is 5.41 Å². The third-order valence-corrected chi connectivity index (χ3v) is 5.17. The molecule has 0 atom stereocenters. The van der Waals surface area contributed by atoms with Gasteiger partial charge < -0.3 is 10.2 Å². The Labute approximate surface area is 155 Å². The van der Waals surface area contributed by atoms with Crippen LogP contribution >= 0.6 is 0 Å². The van der Waals surface area contributed by atoms with Gasteiger partial charge in [-0.05, 0) is 49.4 Å². The zero-order valence-electron chi connectivity index (χ0n) is 15.7. The van der Waals surface area contributed by atoms with Crippen molar-refractivity contribution < 1.29 is 9.59 Å². The summed E-state index contributed by atoms with van der Waals surface area (Å²) in [6, 6.07) is 15.9. The first-order chi connectivity index (χ1) is 12.4. The Morgan fingerprint density at radius 2 is 1.69 bits per heavy atom. The predicted molar refractivity (Wildman–Crippen MR) is 104 cm³/mol. The number of carbonyl (C=O) groups is 2. The van der Waals surface area contributed by atoms with Gasteiger partial charge in [0.1, 0.15) is 5.41 Å². The second kappa shape index (κ2) is 7.32. The van der Waals surface area contributed by atoms with Crippen LogP contribution in [0.25, 0.3) is 0 Å². The van der Waals surface area contributed by atoms with Crippen LogP contribution in [-0.2, 0) is 29.0 Å². The summed E-state index contributed by atoms with van der Waals surface area (Å²) in [6.07, 6.45) is 1.66. The van der Waals surface area contributed by atoms with Gasteiger partial charge in [-0.25, -0.2) is 0 Å². The molecule has 1 aliphatic rings. The fourth-order valence-corrected chi connectivity index (χ4v) is 3.39. The van der Waals surface area contributed by atoms with Gasteiger partial charge in [0, 0.05) is 18.8 Å². The minimum absolute atomic E-state index is 0.126. The molecule has 1 aliphatic heterocycles. The maximum Gasteiger partial charge on any atom is 0.239 e. The smallest absolute Gasteiger partial charge is 0.239 e. The van der Waals surface area contributed by atoms with E-state index in [-0.39, 0.29) is 11.8 Å². The SMILES string of the molecule is CCc1ccccc1NC(=O)C(C)(C)C(=O)N1CCc2ccccc2C1. The number of hydrogen-bond acceptors (Lipinski definition) is 2. The highest BCUT2D eigenvalue weighted by Crippen LogP contribution is 2.27. The molecule has 0 spiro atoms. The molecule has 3 rings (SSSR count). The van der Waals surface area contributed by atoms with Gasteiger partial charge in [0.25, 0.3) is 0 Å². The van der Waals surface area contributed by atoms with Gasteiger partial charge in [-0.15, -0.1) is 0 Å². The highest BCUT2D eigenvalue weighted by atomic mass is 16.2. The Bertz CT molecular complexity index is 826. The normalized spacial score (nSPS) is 13.9. The summed E-state index contributed by atoms with van der Waals surface area (Å²) in [5.41, 5.74) is 3.18. The van der Waals surface area contributed by atoms with E-state index in [1.165, 1.54) is 11.1 Å². The van der Waals surface area contributed by atoms with Crippen molar-refractivity contribution in [3.8, 4) is 0 Å². The van der Waals surface area contributed by atoms with Crippen molar-refractivity contribution in [2.24, 2.45) is 5.41 Å². The molecule has 1 heterocycles. The molecule has 0 saturated heterocycles. The van der Waals surface area contributed by atoms with Gasteiger partial charge in [-0.2, -0.15) is 0 Å². The van der Waals surface area contributed by atoms with Gasteiger partial charge >= 0.3 is 0 Å². The van der Waals surface area contributed by atoms with Gasteiger partial charge in [0.2, 0.25) is 11.8 Å². The van der Waals surface area contributed by atoms with E-state index in [0.717, 1.165) is 24.1 Å². The maximum atomic E-state index is 13.1.